The molecule has 5 heterocycles. The first kappa shape index (κ1) is 27.0. The van der Waals surface area contributed by atoms with Crippen LogP contribution in [-0.2, 0) is 37.2 Å². The molecule has 0 N–H and O–H groups in total. The number of hydrogen-bond acceptors (Lipinski definition) is 8. The first-order valence-electron chi connectivity index (χ1n) is 11.6. The van der Waals surface area contributed by atoms with Gasteiger partial charge in [0.05, 0.1) is 30.4 Å². The van der Waals surface area contributed by atoms with Crippen LogP contribution in [0.1, 0.15) is 28.3 Å². The number of amides is 1. The summed E-state index contributed by atoms with van der Waals surface area (Å²) >= 11 is 0. The number of carbonyl (C=O) groups excluding carboxylic acids is 1. The van der Waals surface area contributed by atoms with Crippen molar-refractivity contribution in [1.29, 1.82) is 0 Å². The summed E-state index contributed by atoms with van der Waals surface area (Å²) in [5, 5.41) is 0.445. The fourth-order valence-electron chi connectivity index (χ4n) is 4.50. The van der Waals surface area contributed by atoms with Crippen LogP contribution >= 0.6 is 0 Å². The number of nitrogens with zero attached hydrogens (tertiary/aromatic N) is 8. The van der Waals surface area contributed by atoms with Crippen LogP contribution in [0, 0.1) is 0 Å². The molecule has 0 saturated carbocycles. The fraction of sp³-hybridized carbons (Fsp3) is 0.292. The van der Waals surface area contributed by atoms with Crippen LogP contribution in [0.5, 0.6) is 5.88 Å². The lowest BCUT2D eigenvalue weighted by Crippen LogP contribution is -2.37. The Hall–Kier alpha value is -4.63. The maximum Gasteiger partial charge on any atom is 0.451 e. The lowest BCUT2D eigenvalue weighted by molar-refractivity contribution is -0.153. The Morgan fingerprint density at radius 2 is 1.75 bits per heavy atom. The molecule has 0 radical (unpaired) electrons. The number of rotatable bonds is 4. The largest absolute Gasteiger partial charge is 0.480 e. The summed E-state index contributed by atoms with van der Waals surface area (Å²) in [5.74, 6) is -2.07. The van der Waals surface area contributed by atoms with Crippen molar-refractivity contribution in [2.45, 2.75) is 25.3 Å². The summed E-state index contributed by atoms with van der Waals surface area (Å²) in [6.07, 6.45) is -3.77. The molecule has 0 bridgehead atoms. The smallest absolute Gasteiger partial charge is 0.451 e. The molecule has 0 unspecified atom stereocenters. The monoisotopic (exact) mass is 564 g/mol. The minimum Gasteiger partial charge on any atom is -0.480 e. The first-order valence-corrected chi connectivity index (χ1v) is 11.6. The predicted octanol–water partition coefficient (Wildman–Crippen LogP) is 3.86. The van der Waals surface area contributed by atoms with Gasteiger partial charge in [0.25, 0.3) is 0 Å². The van der Waals surface area contributed by atoms with E-state index >= 15 is 0 Å². The lowest BCUT2D eigenvalue weighted by atomic mass is 10.0. The van der Waals surface area contributed by atoms with Crippen molar-refractivity contribution in [3.63, 3.8) is 0 Å². The SMILES string of the molecule is COc1ncnc2c1c(/C=C/C(=O)N1CCc3c(nc(C(F)(F)F)nc3C(F)(F)F)C1)c(-c1ncccn1)n2C. The molecule has 5 rings (SSSR count). The van der Waals surface area contributed by atoms with Crippen molar-refractivity contribution in [1.82, 2.24) is 39.4 Å². The molecule has 1 amide bonds. The second kappa shape index (κ2) is 9.84. The number of aryl methyl sites for hydroxylation is 1. The lowest BCUT2D eigenvalue weighted by Gasteiger charge is -2.29. The Morgan fingerprint density at radius 1 is 1.02 bits per heavy atom. The van der Waals surface area contributed by atoms with Crippen molar-refractivity contribution in [2.24, 2.45) is 7.05 Å². The summed E-state index contributed by atoms with van der Waals surface area (Å²) in [4.78, 5) is 37.3. The summed E-state index contributed by atoms with van der Waals surface area (Å²) in [6, 6.07) is 1.62. The summed E-state index contributed by atoms with van der Waals surface area (Å²) < 4.78 is 87.3. The van der Waals surface area contributed by atoms with Crippen molar-refractivity contribution in [3.05, 3.63) is 59.2 Å². The Bertz CT molecular complexity index is 1630. The molecular weight excluding hydrogens is 546 g/mol. The van der Waals surface area contributed by atoms with Crippen LogP contribution in [0.15, 0.2) is 30.9 Å². The molecule has 0 spiro atoms. The van der Waals surface area contributed by atoms with Gasteiger partial charge in [0.1, 0.15) is 12.0 Å². The molecule has 4 aromatic rings. The minimum absolute atomic E-state index is 0.190. The Morgan fingerprint density at radius 3 is 2.40 bits per heavy atom. The van der Waals surface area contributed by atoms with Crippen LogP contribution in [0.25, 0.3) is 28.6 Å². The molecule has 1 aliphatic rings. The molecule has 16 heteroatoms. The molecule has 0 aromatic carbocycles. The zero-order valence-corrected chi connectivity index (χ0v) is 20.7. The van der Waals surface area contributed by atoms with Crippen molar-refractivity contribution >= 4 is 23.0 Å². The highest BCUT2D eigenvalue weighted by Gasteiger charge is 2.43. The van der Waals surface area contributed by atoms with Crippen LogP contribution in [-0.4, -0.2) is 58.9 Å². The Kier molecular flexibility index (Phi) is 6.63. The average Bonchev–Trinajstić information content (AvgIpc) is 3.21. The van der Waals surface area contributed by atoms with E-state index < -0.39 is 47.6 Å². The molecule has 1 aliphatic heterocycles. The van der Waals surface area contributed by atoms with E-state index in [0.29, 0.717) is 28.1 Å². The molecule has 208 valence electrons. The maximum absolute atomic E-state index is 13.5. The van der Waals surface area contributed by atoms with Gasteiger partial charge < -0.3 is 14.2 Å². The third-order valence-electron chi connectivity index (χ3n) is 6.23. The van der Waals surface area contributed by atoms with Gasteiger partial charge in [0.2, 0.25) is 17.6 Å². The van der Waals surface area contributed by atoms with Gasteiger partial charge in [-0.3, -0.25) is 4.79 Å². The normalized spacial score (nSPS) is 14.2. The standard InChI is InChI=1S/C24H18F6N8O2/c1-37-17(19-31-7-3-8-32-19)13(16-20(37)33-11-34-21(16)40-2)4-5-15(39)38-9-6-12-14(10-38)35-22(24(28,29)30)36-18(12)23(25,26)27/h3-5,7-8,11H,6,9-10H2,1-2H3/b5-4+. The summed E-state index contributed by atoms with van der Waals surface area (Å²) in [6.45, 7) is -0.756. The second-order valence-electron chi connectivity index (χ2n) is 8.63. The predicted molar refractivity (Wildman–Crippen MR) is 126 cm³/mol. The number of hydrogen-bond donors (Lipinski definition) is 0. The molecule has 4 aromatic heterocycles. The van der Waals surface area contributed by atoms with Crippen LogP contribution in [0.2, 0.25) is 0 Å². The Labute approximate surface area is 221 Å². The highest BCUT2D eigenvalue weighted by molar-refractivity contribution is 6.01. The van der Waals surface area contributed by atoms with E-state index in [1.807, 2.05) is 0 Å². The summed E-state index contributed by atoms with van der Waals surface area (Å²) in [5.41, 5.74) is -1.28. The van der Waals surface area contributed by atoms with Gasteiger partial charge in [-0.05, 0) is 18.6 Å². The van der Waals surface area contributed by atoms with Gasteiger partial charge in [-0.15, -0.1) is 0 Å². The van der Waals surface area contributed by atoms with Crippen LogP contribution in [0.4, 0.5) is 26.3 Å². The number of fused-ring (bicyclic) bond motifs is 2. The van der Waals surface area contributed by atoms with E-state index in [0.717, 1.165) is 11.0 Å². The number of aromatic nitrogens is 7. The summed E-state index contributed by atoms with van der Waals surface area (Å²) in [7, 11) is 3.11. The zero-order chi connectivity index (χ0) is 28.8. The number of halogens is 6. The van der Waals surface area contributed by atoms with Gasteiger partial charge >= 0.3 is 12.4 Å². The Balaban J connectivity index is 1.54. The van der Waals surface area contributed by atoms with E-state index in [2.05, 4.69) is 29.9 Å². The number of ether oxygens (including phenoxy) is 1. The number of alkyl halides is 6. The van der Waals surface area contributed by atoms with E-state index in [9.17, 15) is 31.1 Å². The highest BCUT2D eigenvalue weighted by Crippen LogP contribution is 2.38. The van der Waals surface area contributed by atoms with Crippen molar-refractivity contribution < 1.29 is 35.9 Å². The van der Waals surface area contributed by atoms with Crippen molar-refractivity contribution in [3.8, 4) is 17.4 Å². The number of carbonyl (C=O) groups is 1. The first-order chi connectivity index (χ1) is 18.9. The molecular formula is C24H18F6N8O2. The fourth-order valence-corrected chi connectivity index (χ4v) is 4.50. The van der Waals surface area contributed by atoms with Crippen LogP contribution in [0.3, 0.4) is 0 Å². The molecule has 0 fully saturated rings. The molecule has 0 atom stereocenters. The minimum atomic E-state index is -5.20. The van der Waals surface area contributed by atoms with Gasteiger partial charge in [-0.2, -0.15) is 26.3 Å². The number of methoxy groups -OCH3 is 1. The van der Waals surface area contributed by atoms with E-state index in [4.69, 9.17) is 4.74 Å². The third-order valence-corrected chi connectivity index (χ3v) is 6.23. The van der Waals surface area contributed by atoms with Gasteiger partial charge in [0.15, 0.2) is 11.5 Å². The van der Waals surface area contributed by atoms with E-state index in [1.165, 1.54) is 31.9 Å². The topological polar surface area (TPSA) is 112 Å². The van der Waals surface area contributed by atoms with Gasteiger partial charge in [-0.1, -0.05) is 0 Å². The van der Waals surface area contributed by atoms with E-state index in [1.54, 1.807) is 17.7 Å². The zero-order valence-electron chi connectivity index (χ0n) is 20.7. The van der Waals surface area contributed by atoms with Crippen molar-refractivity contribution in [2.75, 3.05) is 13.7 Å². The third kappa shape index (κ3) is 4.80. The van der Waals surface area contributed by atoms with Gasteiger partial charge in [0, 0.05) is 43.2 Å². The molecule has 0 saturated heterocycles. The van der Waals surface area contributed by atoms with Crippen LogP contribution < -0.4 is 4.74 Å². The second-order valence-corrected chi connectivity index (χ2v) is 8.63. The maximum atomic E-state index is 13.5. The molecule has 10 nitrogen and oxygen atoms in total. The average molecular weight is 564 g/mol. The van der Waals surface area contributed by atoms with E-state index in [-0.39, 0.29) is 18.8 Å². The molecule has 40 heavy (non-hydrogen) atoms. The molecule has 0 aliphatic carbocycles. The van der Waals surface area contributed by atoms with Gasteiger partial charge in [-0.25, -0.2) is 29.9 Å². The highest BCUT2D eigenvalue weighted by atomic mass is 19.4. The quantitative estimate of drug-likeness (QED) is 0.272.